The molecule has 2 saturated heterocycles. The van der Waals surface area contributed by atoms with Gasteiger partial charge in [0.15, 0.2) is 12.6 Å². The van der Waals surface area contributed by atoms with Gasteiger partial charge >= 0.3 is 5.97 Å². The van der Waals surface area contributed by atoms with Crippen molar-refractivity contribution in [2.75, 3.05) is 13.2 Å². The summed E-state index contributed by atoms with van der Waals surface area (Å²) in [5, 5.41) is 68.8. The number of aliphatic hydroxyl groups is 7. The Labute approximate surface area is 160 Å². The first-order valence-electron chi connectivity index (χ1n) is 8.56. The zero-order chi connectivity index (χ0) is 21.2. The molecular weight excluding hydrogens is 384 g/mol. The van der Waals surface area contributed by atoms with Crippen LogP contribution in [0.3, 0.4) is 0 Å². The van der Waals surface area contributed by atoms with Gasteiger partial charge in [-0.1, -0.05) is 6.58 Å². The Balaban J connectivity index is 2.06. The molecular formula is C16H26O12. The number of carbonyl (C=O) groups excluding carboxylic acids is 1. The molecule has 0 amide bonds. The number of hydrogen-bond acceptors (Lipinski definition) is 12. The van der Waals surface area contributed by atoms with E-state index < -0.39 is 80.6 Å². The van der Waals surface area contributed by atoms with Crippen molar-refractivity contribution in [3.63, 3.8) is 0 Å². The number of rotatable bonds is 6. The third kappa shape index (κ3) is 4.86. The molecule has 10 atom stereocenters. The van der Waals surface area contributed by atoms with E-state index in [0.717, 1.165) is 0 Å². The van der Waals surface area contributed by atoms with Gasteiger partial charge in [-0.2, -0.15) is 0 Å². The van der Waals surface area contributed by atoms with Gasteiger partial charge in [0, 0.05) is 5.57 Å². The highest BCUT2D eigenvalue weighted by Gasteiger charge is 2.49. The van der Waals surface area contributed by atoms with Gasteiger partial charge in [-0.25, -0.2) is 4.79 Å². The van der Waals surface area contributed by atoms with Crippen molar-refractivity contribution < 1.29 is 59.5 Å². The lowest BCUT2D eigenvalue weighted by molar-refractivity contribution is -0.376. The van der Waals surface area contributed by atoms with Crippen molar-refractivity contribution in [1.29, 1.82) is 0 Å². The normalized spacial score (nSPS) is 44.1. The van der Waals surface area contributed by atoms with Crippen LogP contribution in [0.5, 0.6) is 0 Å². The highest BCUT2D eigenvalue weighted by molar-refractivity contribution is 5.86. The molecule has 0 aromatic carbocycles. The fourth-order valence-electron chi connectivity index (χ4n) is 2.76. The largest absolute Gasteiger partial charge is 0.459 e. The van der Waals surface area contributed by atoms with Crippen molar-refractivity contribution in [2.24, 2.45) is 0 Å². The molecule has 2 aliphatic heterocycles. The lowest BCUT2D eigenvalue weighted by Gasteiger charge is -2.44. The van der Waals surface area contributed by atoms with E-state index in [1.54, 1.807) is 0 Å². The van der Waals surface area contributed by atoms with Gasteiger partial charge in [-0.15, -0.1) is 0 Å². The standard InChI is InChI=1S/C16H26O12/c1-5(2)14(24)25-4-7-9(19)11(21)13(23)16(27-7)28-15-12(22)10(20)8(18)6(3-17)26-15/h6-13,15-23H,1,3-4H2,2H3/t6-,7-,8-,9-,10+,11+,12-,13-,15-,16-/m1/s1. The van der Waals surface area contributed by atoms with E-state index in [2.05, 4.69) is 6.58 Å². The van der Waals surface area contributed by atoms with Crippen LogP contribution in [-0.4, -0.2) is 116 Å². The molecule has 0 bridgehead atoms. The van der Waals surface area contributed by atoms with E-state index in [9.17, 15) is 40.5 Å². The molecule has 12 nitrogen and oxygen atoms in total. The lowest BCUT2D eigenvalue weighted by Crippen LogP contribution is -2.63. The van der Waals surface area contributed by atoms with Gasteiger partial charge in [0.2, 0.25) is 0 Å². The van der Waals surface area contributed by atoms with Gasteiger partial charge in [-0.05, 0) is 6.92 Å². The van der Waals surface area contributed by atoms with Crippen molar-refractivity contribution in [1.82, 2.24) is 0 Å². The summed E-state index contributed by atoms with van der Waals surface area (Å²) in [6, 6.07) is 0. The Kier molecular flexibility index (Phi) is 7.87. The molecule has 2 heterocycles. The summed E-state index contributed by atoms with van der Waals surface area (Å²) in [5.74, 6) is -0.761. The topological polar surface area (TPSA) is 196 Å². The van der Waals surface area contributed by atoms with Crippen molar-refractivity contribution in [3.05, 3.63) is 12.2 Å². The molecule has 0 saturated carbocycles. The predicted molar refractivity (Wildman–Crippen MR) is 87.3 cm³/mol. The number of ether oxygens (including phenoxy) is 4. The van der Waals surface area contributed by atoms with Crippen molar-refractivity contribution in [3.8, 4) is 0 Å². The molecule has 28 heavy (non-hydrogen) atoms. The summed E-state index contributed by atoms with van der Waals surface area (Å²) in [7, 11) is 0. The van der Waals surface area contributed by atoms with Crippen LogP contribution < -0.4 is 0 Å². The third-order valence-corrected chi connectivity index (χ3v) is 4.51. The van der Waals surface area contributed by atoms with Gasteiger partial charge in [0.25, 0.3) is 0 Å². The summed E-state index contributed by atoms with van der Waals surface area (Å²) in [5.41, 5.74) is 0.0972. The second kappa shape index (κ2) is 9.54. The molecule has 7 N–H and O–H groups in total. The molecule has 2 fully saturated rings. The molecule has 0 aliphatic carbocycles. The molecule has 0 aromatic rings. The highest BCUT2D eigenvalue weighted by atomic mass is 16.8. The second-order valence-corrected chi connectivity index (χ2v) is 6.73. The molecule has 12 heteroatoms. The van der Waals surface area contributed by atoms with E-state index in [0.29, 0.717) is 0 Å². The van der Waals surface area contributed by atoms with Gasteiger partial charge in [0.1, 0.15) is 55.4 Å². The Morgan fingerprint density at radius 3 is 1.79 bits per heavy atom. The Hall–Kier alpha value is -1.19. The van der Waals surface area contributed by atoms with Gasteiger partial charge < -0.3 is 54.7 Å². The first-order valence-corrected chi connectivity index (χ1v) is 8.56. The minimum Gasteiger partial charge on any atom is -0.459 e. The van der Waals surface area contributed by atoms with Crippen LogP contribution in [0.2, 0.25) is 0 Å². The zero-order valence-electron chi connectivity index (χ0n) is 15.1. The molecule has 0 spiro atoms. The molecule has 162 valence electrons. The number of hydrogen-bond donors (Lipinski definition) is 7. The third-order valence-electron chi connectivity index (χ3n) is 4.51. The van der Waals surface area contributed by atoms with Crippen LogP contribution in [0.25, 0.3) is 0 Å². The summed E-state index contributed by atoms with van der Waals surface area (Å²) in [6.07, 6.45) is -16.1. The molecule has 0 aromatic heterocycles. The Morgan fingerprint density at radius 2 is 1.32 bits per heavy atom. The average molecular weight is 410 g/mol. The van der Waals surface area contributed by atoms with Crippen LogP contribution in [-0.2, 0) is 23.7 Å². The van der Waals surface area contributed by atoms with Crippen LogP contribution in [0, 0.1) is 0 Å². The van der Waals surface area contributed by atoms with Crippen LogP contribution in [0.1, 0.15) is 6.92 Å². The fraction of sp³-hybridized carbons (Fsp3) is 0.812. The van der Waals surface area contributed by atoms with Crippen LogP contribution in [0.15, 0.2) is 12.2 Å². The minimum atomic E-state index is -1.78. The Bertz CT molecular complexity index is 554. The van der Waals surface area contributed by atoms with E-state index in [1.165, 1.54) is 6.92 Å². The maximum atomic E-state index is 11.5. The molecule has 2 rings (SSSR count). The number of aliphatic hydroxyl groups excluding tert-OH is 7. The average Bonchev–Trinajstić information content (AvgIpc) is 2.67. The Morgan fingerprint density at radius 1 is 0.857 bits per heavy atom. The summed E-state index contributed by atoms with van der Waals surface area (Å²) in [6.45, 7) is 3.61. The predicted octanol–water partition coefficient (Wildman–Crippen LogP) is -4.27. The molecule has 0 radical (unpaired) electrons. The first-order chi connectivity index (χ1) is 13.1. The van der Waals surface area contributed by atoms with Gasteiger partial charge in [0.05, 0.1) is 6.61 Å². The maximum Gasteiger partial charge on any atom is 0.333 e. The van der Waals surface area contributed by atoms with E-state index in [1.807, 2.05) is 0 Å². The zero-order valence-corrected chi connectivity index (χ0v) is 15.1. The monoisotopic (exact) mass is 410 g/mol. The lowest BCUT2D eigenvalue weighted by atomic mass is 9.98. The molecule has 2 aliphatic rings. The summed E-state index contributed by atoms with van der Waals surface area (Å²) < 4.78 is 20.6. The van der Waals surface area contributed by atoms with E-state index in [4.69, 9.17) is 18.9 Å². The fourth-order valence-corrected chi connectivity index (χ4v) is 2.76. The minimum absolute atomic E-state index is 0.0972. The summed E-state index contributed by atoms with van der Waals surface area (Å²) in [4.78, 5) is 11.5. The first kappa shape index (κ1) is 23.1. The SMILES string of the molecule is C=C(C)C(=O)OC[C@H]1O[C@H](O[C@H]2O[C@H](CO)[C@@H](O)[C@H](O)[C@H]2O)[C@H](O)[C@@H](O)[C@@H]1O. The van der Waals surface area contributed by atoms with E-state index in [-0.39, 0.29) is 5.57 Å². The van der Waals surface area contributed by atoms with Crippen molar-refractivity contribution in [2.45, 2.75) is 68.3 Å². The van der Waals surface area contributed by atoms with Crippen LogP contribution >= 0.6 is 0 Å². The highest BCUT2D eigenvalue weighted by Crippen LogP contribution is 2.28. The maximum absolute atomic E-state index is 11.5. The second-order valence-electron chi connectivity index (χ2n) is 6.73. The quantitative estimate of drug-likeness (QED) is 0.165. The number of carbonyl (C=O) groups is 1. The molecule has 0 unspecified atom stereocenters. The number of esters is 1. The van der Waals surface area contributed by atoms with Gasteiger partial charge in [-0.3, -0.25) is 0 Å². The van der Waals surface area contributed by atoms with E-state index >= 15 is 0 Å². The van der Waals surface area contributed by atoms with Crippen LogP contribution in [0.4, 0.5) is 0 Å². The summed E-state index contributed by atoms with van der Waals surface area (Å²) >= 11 is 0. The smallest absolute Gasteiger partial charge is 0.333 e. The van der Waals surface area contributed by atoms with Crippen molar-refractivity contribution >= 4 is 5.97 Å².